The quantitative estimate of drug-likeness (QED) is 0.685. The zero-order chi connectivity index (χ0) is 13.8. The Morgan fingerprint density at radius 3 is 2.25 bits per heavy atom. The molecule has 2 atom stereocenters. The summed E-state index contributed by atoms with van der Waals surface area (Å²) >= 11 is 0. The van der Waals surface area contributed by atoms with Crippen molar-refractivity contribution in [3.8, 4) is 0 Å². The summed E-state index contributed by atoms with van der Waals surface area (Å²) in [6.07, 6.45) is 18.0. The van der Waals surface area contributed by atoms with Crippen molar-refractivity contribution in [2.75, 3.05) is 6.54 Å². The highest BCUT2D eigenvalue weighted by Gasteiger charge is 2.33. The van der Waals surface area contributed by atoms with E-state index in [2.05, 4.69) is 12.2 Å². The number of nitrogens with one attached hydrogen (secondary N) is 1. The van der Waals surface area contributed by atoms with Crippen molar-refractivity contribution < 1.29 is 0 Å². The van der Waals surface area contributed by atoms with E-state index in [-0.39, 0.29) is 0 Å². The second-order valence-corrected chi connectivity index (χ2v) is 7.93. The summed E-state index contributed by atoms with van der Waals surface area (Å²) in [6.45, 7) is 3.72. The fourth-order valence-corrected chi connectivity index (χ4v) is 4.92. The standard InChI is InChI=1S/C19H35N/c1-2-15-8-10-16(11-9-15)19-7-5-3-4-6-17(19)14-20-18-12-13-18/h15-20H,2-14H2,1H3. The normalized spacial score (nSPS) is 39.5. The van der Waals surface area contributed by atoms with E-state index in [1.807, 2.05) is 0 Å². The van der Waals surface area contributed by atoms with Gasteiger partial charge in [0.1, 0.15) is 0 Å². The molecule has 0 aromatic heterocycles. The van der Waals surface area contributed by atoms with Gasteiger partial charge in [-0.1, -0.05) is 45.4 Å². The summed E-state index contributed by atoms with van der Waals surface area (Å²) in [4.78, 5) is 0. The molecule has 0 bridgehead atoms. The van der Waals surface area contributed by atoms with Crippen LogP contribution in [0.3, 0.4) is 0 Å². The third kappa shape index (κ3) is 4.00. The van der Waals surface area contributed by atoms with Crippen molar-refractivity contribution in [3.63, 3.8) is 0 Å². The average Bonchev–Trinajstić information content (AvgIpc) is 3.32. The fourth-order valence-electron chi connectivity index (χ4n) is 4.92. The zero-order valence-electron chi connectivity index (χ0n) is 13.6. The maximum Gasteiger partial charge on any atom is 0.00683 e. The molecule has 0 amide bonds. The molecule has 0 radical (unpaired) electrons. The number of rotatable bonds is 5. The van der Waals surface area contributed by atoms with Crippen molar-refractivity contribution in [2.45, 2.75) is 90.0 Å². The topological polar surface area (TPSA) is 12.0 Å². The van der Waals surface area contributed by atoms with Gasteiger partial charge in [0.15, 0.2) is 0 Å². The lowest BCUT2D eigenvalue weighted by molar-refractivity contribution is 0.140. The molecule has 0 spiro atoms. The molecule has 20 heavy (non-hydrogen) atoms. The van der Waals surface area contributed by atoms with Gasteiger partial charge in [0.2, 0.25) is 0 Å². The van der Waals surface area contributed by atoms with Gasteiger partial charge in [0, 0.05) is 6.04 Å². The summed E-state index contributed by atoms with van der Waals surface area (Å²) in [7, 11) is 0. The first-order valence-electron chi connectivity index (χ1n) is 9.60. The van der Waals surface area contributed by atoms with Gasteiger partial charge in [-0.15, -0.1) is 0 Å². The Labute approximate surface area is 126 Å². The van der Waals surface area contributed by atoms with E-state index in [0.717, 1.165) is 29.7 Å². The van der Waals surface area contributed by atoms with Crippen LogP contribution in [0.1, 0.15) is 84.0 Å². The minimum Gasteiger partial charge on any atom is -0.314 e. The molecule has 1 N–H and O–H groups in total. The van der Waals surface area contributed by atoms with Gasteiger partial charge in [-0.05, 0) is 68.7 Å². The molecule has 1 heteroatoms. The van der Waals surface area contributed by atoms with E-state index in [1.54, 1.807) is 19.3 Å². The van der Waals surface area contributed by atoms with E-state index in [0.29, 0.717) is 0 Å². The van der Waals surface area contributed by atoms with Crippen LogP contribution in [0.4, 0.5) is 0 Å². The van der Waals surface area contributed by atoms with Crippen LogP contribution in [0, 0.1) is 23.7 Å². The van der Waals surface area contributed by atoms with Crippen molar-refractivity contribution in [3.05, 3.63) is 0 Å². The molecule has 1 nitrogen and oxygen atoms in total. The molecule has 0 aliphatic heterocycles. The van der Waals surface area contributed by atoms with E-state index in [9.17, 15) is 0 Å². The van der Waals surface area contributed by atoms with Crippen LogP contribution < -0.4 is 5.32 Å². The van der Waals surface area contributed by atoms with Gasteiger partial charge in [-0.25, -0.2) is 0 Å². The Kier molecular flexibility index (Phi) is 5.42. The summed E-state index contributed by atoms with van der Waals surface area (Å²) in [5, 5.41) is 3.84. The lowest BCUT2D eigenvalue weighted by Crippen LogP contribution is -2.34. The van der Waals surface area contributed by atoms with E-state index >= 15 is 0 Å². The molecular formula is C19H35N. The van der Waals surface area contributed by atoms with E-state index in [4.69, 9.17) is 0 Å². The first-order valence-corrected chi connectivity index (χ1v) is 9.60. The molecule has 2 unspecified atom stereocenters. The molecule has 3 fully saturated rings. The fraction of sp³-hybridized carbons (Fsp3) is 1.00. The largest absolute Gasteiger partial charge is 0.314 e. The maximum absolute atomic E-state index is 3.84. The molecule has 0 heterocycles. The van der Waals surface area contributed by atoms with E-state index < -0.39 is 0 Å². The van der Waals surface area contributed by atoms with Crippen LogP contribution in [0.2, 0.25) is 0 Å². The monoisotopic (exact) mass is 277 g/mol. The Morgan fingerprint density at radius 1 is 0.800 bits per heavy atom. The number of hydrogen-bond acceptors (Lipinski definition) is 1. The Hall–Kier alpha value is -0.0400. The van der Waals surface area contributed by atoms with Crippen LogP contribution in [-0.2, 0) is 0 Å². The summed E-state index contributed by atoms with van der Waals surface area (Å²) in [6, 6.07) is 0.898. The Morgan fingerprint density at radius 2 is 1.55 bits per heavy atom. The molecule has 3 rings (SSSR count). The minimum atomic E-state index is 0.898. The average molecular weight is 277 g/mol. The van der Waals surface area contributed by atoms with Crippen molar-refractivity contribution >= 4 is 0 Å². The third-order valence-electron chi connectivity index (χ3n) is 6.54. The Bertz CT molecular complexity index is 275. The first-order chi connectivity index (χ1) is 9.86. The molecule has 3 aliphatic carbocycles. The second-order valence-electron chi connectivity index (χ2n) is 7.93. The van der Waals surface area contributed by atoms with Gasteiger partial charge >= 0.3 is 0 Å². The maximum atomic E-state index is 3.84. The first kappa shape index (κ1) is 14.9. The molecule has 0 aromatic rings. The molecule has 3 saturated carbocycles. The van der Waals surface area contributed by atoms with Gasteiger partial charge in [0.25, 0.3) is 0 Å². The molecule has 116 valence electrons. The zero-order valence-corrected chi connectivity index (χ0v) is 13.6. The van der Waals surface area contributed by atoms with Crippen LogP contribution >= 0.6 is 0 Å². The van der Waals surface area contributed by atoms with Crippen LogP contribution in [-0.4, -0.2) is 12.6 Å². The van der Waals surface area contributed by atoms with Gasteiger partial charge in [-0.3, -0.25) is 0 Å². The molecule has 0 aromatic carbocycles. The van der Waals surface area contributed by atoms with Crippen molar-refractivity contribution in [1.82, 2.24) is 5.32 Å². The van der Waals surface area contributed by atoms with Crippen LogP contribution in [0.5, 0.6) is 0 Å². The van der Waals surface area contributed by atoms with Gasteiger partial charge < -0.3 is 5.32 Å². The molecule has 0 saturated heterocycles. The lowest BCUT2D eigenvalue weighted by atomic mass is 9.69. The summed E-state index contributed by atoms with van der Waals surface area (Å²) < 4.78 is 0. The third-order valence-corrected chi connectivity index (χ3v) is 6.54. The SMILES string of the molecule is CCC1CCC(C2CCCCCC2CNC2CC2)CC1. The van der Waals surface area contributed by atoms with Crippen LogP contribution in [0.15, 0.2) is 0 Å². The lowest BCUT2D eigenvalue weighted by Gasteiger charge is -2.37. The molecule has 3 aliphatic rings. The highest BCUT2D eigenvalue weighted by atomic mass is 14.9. The van der Waals surface area contributed by atoms with Crippen LogP contribution in [0.25, 0.3) is 0 Å². The Balaban J connectivity index is 1.54. The van der Waals surface area contributed by atoms with Crippen molar-refractivity contribution in [2.24, 2.45) is 23.7 Å². The van der Waals surface area contributed by atoms with Crippen molar-refractivity contribution in [1.29, 1.82) is 0 Å². The smallest absolute Gasteiger partial charge is 0.00683 e. The number of hydrogen-bond donors (Lipinski definition) is 1. The van der Waals surface area contributed by atoms with Gasteiger partial charge in [0.05, 0.1) is 0 Å². The van der Waals surface area contributed by atoms with Gasteiger partial charge in [-0.2, -0.15) is 0 Å². The van der Waals surface area contributed by atoms with E-state index in [1.165, 1.54) is 64.3 Å². The minimum absolute atomic E-state index is 0.898. The second kappa shape index (κ2) is 7.29. The predicted molar refractivity (Wildman–Crippen MR) is 86.8 cm³/mol. The summed E-state index contributed by atoms with van der Waals surface area (Å²) in [5.41, 5.74) is 0. The predicted octanol–water partition coefficient (Wildman–Crippen LogP) is 5.15. The highest BCUT2D eigenvalue weighted by Crippen LogP contribution is 2.42. The summed E-state index contributed by atoms with van der Waals surface area (Å²) in [5.74, 6) is 4.19. The highest BCUT2D eigenvalue weighted by molar-refractivity contribution is 4.87. The molecular weight excluding hydrogens is 242 g/mol.